The van der Waals surface area contributed by atoms with Gasteiger partial charge in [-0.3, -0.25) is 14.6 Å². The van der Waals surface area contributed by atoms with Crippen LogP contribution in [-0.4, -0.2) is 36.1 Å². The van der Waals surface area contributed by atoms with Gasteiger partial charge in [0.25, 0.3) is 11.8 Å². The second-order valence-electron chi connectivity index (χ2n) is 7.92. The number of aromatic nitrogens is 1. The number of anilines is 1. The lowest BCUT2D eigenvalue weighted by atomic mass is 9.79. The molecule has 1 aromatic carbocycles. The first-order valence-corrected chi connectivity index (χ1v) is 9.89. The van der Waals surface area contributed by atoms with Crippen LogP contribution in [0.5, 0.6) is 5.75 Å². The molecule has 0 spiro atoms. The molecule has 4 atom stereocenters. The van der Waals surface area contributed by atoms with Crippen LogP contribution in [0.2, 0.25) is 0 Å². The molecule has 2 aromatic rings. The number of nitrogens with zero attached hydrogens (tertiary/aromatic N) is 1. The molecule has 0 unspecified atom stereocenters. The van der Waals surface area contributed by atoms with Gasteiger partial charge in [-0.25, -0.2) is 4.39 Å². The summed E-state index contributed by atoms with van der Waals surface area (Å²) in [4.78, 5) is 28.4. The average molecular weight is 433 g/mol. The minimum Gasteiger partial charge on any atom is -0.493 e. The lowest BCUT2D eigenvalue weighted by Crippen LogP contribution is -2.33. The number of amides is 2. The third-order valence-corrected chi connectivity index (χ3v) is 5.55. The van der Waals surface area contributed by atoms with E-state index in [1.165, 1.54) is 31.5 Å². The van der Waals surface area contributed by atoms with Crippen molar-refractivity contribution in [2.45, 2.75) is 38.9 Å². The van der Waals surface area contributed by atoms with Crippen LogP contribution < -0.4 is 15.8 Å². The molecule has 7 nitrogen and oxygen atoms in total. The number of primary amides is 1. The predicted octanol–water partition coefficient (Wildman–Crippen LogP) is 3.25. The van der Waals surface area contributed by atoms with Gasteiger partial charge in [0.2, 0.25) is 5.82 Å². The van der Waals surface area contributed by atoms with E-state index in [9.17, 15) is 18.4 Å². The number of hydrogen-bond donors (Lipinski definition) is 2. The van der Waals surface area contributed by atoms with Gasteiger partial charge < -0.3 is 20.5 Å². The van der Waals surface area contributed by atoms with Crippen molar-refractivity contribution in [2.75, 3.05) is 12.4 Å². The largest absolute Gasteiger partial charge is 0.493 e. The Morgan fingerprint density at radius 1 is 1.26 bits per heavy atom. The fourth-order valence-corrected chi connectivity index (χ4v) is 4.17. The zero-order valence-corrected chi connectivity index (χ0v) is 17.7. The van der Waals surface area contributed by atoms with Crippen LogP contribution in [0.1, 0.15) is 42.7 Å². The van der Waals surface area contributed by atoms with E-state index in [2.05, 4.69) is 10.3 Å². The fourth-order valence-electron chi connectivity index (χ4n) is 4.17. The van der Waals surface area contributed by atoms with Crippen molar-refractivity contribution in [3.8, 4) is 5.75 Å². The highest BCUT2D eigenvalue weighted by atomic mass is 19.2. The first kappa shape index (κ1) is 22.6. The van der Waals surface area contributed by atoms with E-state index in [1.54, 1.807) is 0 Å². The van der Waals surface area contributed by atoms with Gasteiger partial charge in [-0.1, -0.05) is 26.8 Å². The summed E-state index contributed by atoms with van der Waals surface area (Å²) >= 11 is 0. The number of hydrogen-bond acceptors (Lipinski definition) is 5. The number of ether oxygens (including phenoxy) is 2. The summed E-state index contributed by atoms with van der Waals surface area (Å²) in [5.41, 5.74) is 5.91. The number of carbonyl (C=O) groups excluding carboxylic acids is 2. The van der Waals surface area contributed by atoms with E-state index in [0.717, 1.165) is 6.07 Å². The van der Waals surface area contributed by atoms with E-state index in [4.69, 9.17) is 15.2 Å². The molecular formula is C22H25F2N3O4. The van der Waals surface area contributed by atoms with Gasteiger partial charge >= 0.3 is 0 Å². The van der Waals surface area contributed by atoms with E-state index >= 15 is 0 Å². The number of rotatable bonds is 6. The van der Waals surface area contributed by atoms with Crippen molar-refractivity contribution in [3.63, 3.8) is 0 Å². The highest BCUT2D eigenvalue weighted by molar-refractivity contribution is 5.97. The van der Waals surface area contributed by atoms with Crippen LogP contribution in [0.4, 0.5) is 14.5 Å². The second kappa shape index (κ2) is 8.97. The Morgan fingerprint density at radius 3 is 2.58 bits per heavy atom. The molecule has 0 bridgehead atoms. The fraction of sp³-hybridized carbons (Fsp3) is 0.409. The molecule has 0 aliphatic carbocycles. The molecule has 31 heavy (non-hydrogen) atoms. The van der Waals surface area contributed by atoms with E-state index in [-0.39, 0.29) is 29.4 Å². The monoisotopic (exact) mass is 433 g/mol. The topological polar surface area (TPSA) is 104 Å². The maximum atomic E-state index is 14.4. The van der Waals surface area contributed by atoms with Crippen molar-refractivity contribution in [3.05, 3.63) is 53.4 Å². The van der Waals surface area contributed by atoms with Crippen LogP contribution >= 0.6 is 0 Å². The van der Waals surface area contributed by atoms with Crippen molar-refractivity contribution in [2.24, 2.45) is 17.6 Å². The minimum absolute atomic E-state index is 0.00242. The zero-order chi connectivity index (χ0) is 22.9. The predicted molar refractivity (Wildman–Crippen MR) is 110 cm³/mol. The second-order valence-corrected chi connectivity index (χ2v) is 7.92. The Bertz CT molecular complexity index is 999. The number of pyridine rings is 1. The summed E-state index contributed by atoms with van der Waals surface area (Å²) in [5.74, 6) is -4.32. The van der Waals surface area contributed by atoms with Crippen LogP contribution in [0.3, 0.4) is 0 Å². The summed E-state index contributed by atoms with van der Waals surface area (Å²) in [6.45, 7) is 5.83. The summed E-state index contributed by atoms with van der Waals surface area (Å²) in [5, 5.41) is 2.70. The first-order chi connectivity index (χ1) is 14.6. The third-order valence-electron chi connectivity index (χ3n) is 5.55. The Kier molecular flexibility index (Phi) is 6.54. The van der Waals surface area contributed by atoms with Gasteiger partial charge in [0.05, 0.1) is 13.2 Å². The molecule has 1 saturated heterocycles. The molecule has 2 amide bonds. The van der Waals surface area contributed by atoms with Crippen molar-refractivity contribution >= 4 is 17.5 Å². The van der Waals surface area contributed by atoms with Crippen molar-refractivity contribution < 1.29 is 27.8 Å². The summed E-state index contributed by atoms with van der Waals surface area (Å²) < 4.78 is 39.4. The Labute approximate surface area is 178 Å². The van der Waals surface area contributed by atoms with E-state index in [1.807, 2.05) is 20.8 Å². The Morgan fingerprint density at radius 2 is 1.97 bits per heavy atom. The third kappa shape index (κ3) is 4.36. The smallest absolute Gasteiger partial charge is 0.267 e. The molecular weight excluding hydrogens is 408 g/mol. The van der Waals surface area contributed by atoms with Crippen LogP contribution in [-0.2, 0) is 9.53 Å². The number of halogens is 2. The quantitative estimate of drug-likeness (QED) is 0.728. The Balaban J connectivity index is 1.99. The van der Waals surface area contributed by atoms with E-state index < -0.39 is 35.5 Å². The molecule has 0 saturated carbocycles. The molecule has 166 valence electrons. The number of carbonyl (C=O) groups is 2. The summed E-state index contributed by atoms with van der Waals surface area (Å²) in [7, 11) is 1.25. The molecule has 2 heterocycles. The van der Waals surface area contributed by atoms with Crippen LogP contribution in [0, 0.1) is 23.5 Å². The SMILES string of the molecule is COc1c([C@@H]2[C@H](C)[C@H](C(C)C)O[C@H]2C(=O)Nc2ccnc(C(N)=O)c2)ccc(F)c1F. The number of benzene rings is 1. The molecule has 9 heteroatoms. The minimum atomic E-state index is -1.11. The normalized spacial score (nSPS) is 23.1. The van der Waals surface area contributed by atoms with E-state index in [0.29, 0.717) is 11.3 Å². The molecule has 0 radical (unpaired) electrons. The highest BCUT2D eigenvalue weighted by Crippen LogP contribution is 2.46. The number of nitrogens with one attached hydrogen (secondary N) is 1. The first-order valence-electron chi connectivity index (χ1n) is 9.89. The van der Waals surface area contributed by atoms with Crippen molar-refractivity contribution in [1.82, 2.24) is 4.98 Å². The molecule has 1 aliphatic rings. The lowest BCUT2D eigenvalue weighted by Gasteiger charge is -2.24. The van der Waals surface area contributed by atoms with Crippen LogP contribution in [0.15, 0.2) is 30.5 Å². The van der Waals surface area contributed by atoms with Gasteiger partial charge in [0.15, 0.2) is 11.6 Å². The summed E-state index contributed by atoms with van der Waals surface area (Å²) in [6, 6.07) is 5.30. The molecule has 3 rings (SSSR count). The summed E-state index contributed by atoms with van der Waals surface area (Å²) in [6.07, 6.45) is 0.0595. The molecule has 1 fully saturated rings. The Hall–Kier alpha value is -3.07. The van der Waals surface area contributed by atoms with Gasteiger partial charge in [-0.05, 0) is 30.0 Å². The van der Waals surface area contributed by atoms with Gasteiger partial charge in [0.1, 0.15) is 11.8 Å². The highest BCUT2D eigenvalue weighted by Gasteiger charge is 2.48. The number of methoxy groups -OCH3 is 1. The van der Waals surface area contributed by atoms with Gasteiger partial charge in [-0.15, -0.1) is 0 Å². The van der Waals surface area contributed by atoms with Crippen molar-refractivity contribution in [1.29, 1.82) is 0 Å². The maximum absolute atomic E-state index is 14.4. The van der Waals surface area contributed by atoms with Gasteiger partial charge in [-0.2, -0.15) is 4.39 Å². The average Bonchev–Trinajstić information content (AvgIpc) is 3.07. The zero-order valence-electron chi connectivity index (χ0n) is 17.7. The van der Waals surface area contributed by atoms with Gasteiger partial charge in [0, 0.05) is 23.4 Å². The molecule has 1 aliphatic heterocycles. The lowest BCUT2D eigenvalue weighted by molar-refractivity contribution is -0.128. The molecule has 1 aromatic heterocycles. The maximum Gasteiger partial charge on any atom is 0.267 e. The molecule has 3 N–H and O–H groups in total. The standard InChI is InChI=1S/C22H25F2N3O4/c1-10(2)18-11(3)16(13-5-6-14(23)17(24)19(13)30-4)20(31-18)22(29)27-12-7-8-26-15(9-12)21(25)28/h5-11,16,18,20H,1-4H3,(H2,25,28)(H,26,27,29)/t11-,16-,18-,20+/m0/s1. The van der Waals surface area contributed by atoms with Crippen LogP contribution in [0.25, 0.3) is 0 Å². The number of nitrogens with two attached hydrogens (primary N) is 1.